The first-order valence-electron chi connectivity index (χ1n) is 3.99. The van der Waals surface area contributed by atoms with E-state index in [-0.39, 0.29) is 24.9 Å². The number of nitrogens with zero attached hydrogens (tertiary/aromatic N) is 1. The molecular formula is C7H10BrN3O3. The zero-order chi connectivity index (χ0) is 10.7. The van der Waals surface area contributed by atoms with E-state index in [1.807, 2.05) is 0 Å². The van der Waals surface area contributed by atoms with Gasteiger partial charge in [0.15, 0.2) is 0 Å². The van der Waals surface area contributed by atoms with Crippen LogP contribution in [0.5, 0.6) is 0 Å². The lowest BCUT2D eigenvalue weighted by atomic mass is 10.3. The third-order valence-corrected chi connectivity index (χ3v) is 2.50. The van der Waals surface area contributed by atoms with Gasteiger partial charge in [0.25, 0.3) is 0 Å². The molecule has 0 aromatic heterocycles. The van der Waals surface area contributed by atoms with E-state index in [2.05, 4.69) is 26.6 Å². The van der Waals surface area contributed by atoms with E-state index in [1.165, 1.54) is 11.9 Å². The van der Waals surface area contributed by atoms with Crippen molar-refractivity contribution in [2.75, 3.05) is 20.1 Å². The van der Waals surface area contributed by atoms with Gasteiger partial charge in [-0.15, -0.1) is 0 Å². The lowest BCUT2D eigenvalue weighted by Gasteiger charge is -2.28. The summed E-state index contributed by atoms with van der Waals surface area (Å²) in [5, 5.41) is 4.53. The quantitative estimate of drug-likeness (QED) is 0.631. The number of halogens is 1. The molecule has 1 fully saturated rings. The zero-order valence-electron chi connectivity index (χ0n) is 7.54. The number of imide groups is 1. The fourth-order valence-corrected chi connectivity index (χ4v) is 1.47. The van der Waals surface area contributed by atoms with Gasteiger partial charge in [0.05, 0.1) is 0 Å². The lowest BCUT2D eigenvalue weighted by molar-refractivity contribution is -0.124. The number of urea groups is 1. The monoisotopic (exact) mass is 263 g/mol. The van der Waals surface area contributed by atoms with Crippen molar-refractivity contribution in [3.8, 4) is 0 Å². The highest BCUT2D eigenvalue weighted by Gasteiger charge is 2.30. The molecule has 0 aromatic rings. The topological polar surface area (TPSA) is 78.5 Å². The molecule has 1 aliphatic heterocycles. The van der Waals surface area contributed by atoms with Crippen molar-refractivity contribution in [2.24, 2.45) is 0 Å². The highest BCUT2D eigenvalue weighted by Crippen LogP contribution is 2.08. The number of likely N-dealkylation sites (N-methyl/N-ethyl adjacent to an activating group) is 1. The Morgan fingerprint density at radius 2 is 2.36 bits per heavy atom. The van der Waals surface area contributed by atoms with Gasteiger partial charge in [0.2, 0.25) is 11.8 Å². The fourth-order valence-electron chi connectivity index (χ4n) is 1.01. The lowest BCUT2D eigenvalue weighted by Crippen LogP contribution is -2.56. The number of carbonyl (C=O) groups excluding carboxylic acids is 3. The number of carbonyl (C=O) groups is 3. The van der Waals surface area contributed by atoms with E-state index in [0.717, 1.165) is 0 Å². The van der Waals surface area contributed by atoms with Crippen LogP contribution in [0.15, 0.2) is 0 Å². The third kappa shape index (κ3) is 2.44. The molecule has 78 valence electrons. The van der Waals surface area contributed by atoms with Crippen LogP contribution in [0, 0.1) is 0 Å². The Hall–Kier alpha value is -1.11. The molecule has 7 heteroatoms. The molecule has 0 aliphatic carbocycles. The Morgan fingerprint density at radius 1 is 1.71 bits per heavy atom. The minimum absolute atomic E-state index is 0.0439. The van der Waals surface area contributed by atoms with Crippen molar-refractivity contribution in [3.05, 3.63) is 0 Å². The van der Waals surface area contributed by atoms with Crippen LogP contribution < -0.4 is 10.6 Å². The maximum Gasteiger partial charge on any atom is 0.324 e. The molecule has 1 saturated heterocycles. The molecule has 0 radical (unpaired) electrons. The molecule has 14 heavy (non-hydrogen) atoms. The van der Waals surface area contributed by atoms with E-state index < -0.39 is 10.9 Å². The van der Waals surface area contributed by atoms with E-state index in [4.69, 9.17) is 0 Å². The number of nitrogens with one attached hydrogen (secondary N) is 2. The summed E-state index contributed by atoms with van der Waals surface area (Å²) >= 11 is 3.10. The summed E-state index contributed by atoms with van der Waals surface area (Å²) in [6.45, 7) is 0.162. The second kappa shape index (κ2) is 4.41. The molecule has 1 unspecified atom stereocenters. The summed E-state index contributed by atoms with van der Waals surface area (Å²) in [4.78, 5) is 34.0. The molecule has 4 amide bonds. The molecule has 1 rings (SSSR count). The van der Waals surface area contributed by atoms with Gasteiger partial charge in [0, 0.05) is 13.6 Å². The molecule has 0 bridgehead atoms. The van der Waals surface area contributed by atoms with Crippen LogP contribution in [-0.4, -0.2) is 47.7 Å². The second-order valence-corrected chi connectivity index (χ2v) is 3.92. The zero-order valence-corrected chi connectivity index (χ0v) is 9.13. The average molecular weight is 264 g/mol. The van der Waals surface area contributed by atoms with Crippen LogP contribution >= 0.6 is 15.9 Å². The van der Waals surface area contributed by atoms with Crippen molar-refractivity contribution in [2.45, 2.75) is 4.83 Å². The number of hydrogen-bond donors (Lipinski definition) is 2. The minimum Gasteiger partial charge on any atom is -0.358 e. The summed E-state index contributed by atoms with van der Waals surface area (Å²) < 4.78 is 0. The summed E-state index contributed by atoms with van der Waals surface area (Å²) in [5.41, 5.74) is 0. The standard InChI is InChI=1S/C7H10BrN3O3/c1-9-5(12)3-11-2-4(8)6(13)10-7(11)14/h4H,2-3H2,1H3,(H,9,12)(H,10,13,14). The predicted octanol–water partition coefficient (Wildman–Crippen LogP) is -0.952. The molecule has 0 aromatic carbocycles. The van der Waals surface area contributed by atoms with Gasteiger partial charge in [-0.1, -0.05) is 15.9 Å². The molecule has 0 spiro atoms. The summed E-state index contributed by atoms with van der Waals surface area (Å²) in [6.07, 6.45) is 0. The Morgan fingerprint density at radius 3 is 2.93 bits per heavy atom. The van der Waals surface area contributed by atoms with Gasteiger partial charge in [-0.3, -0.25) is 14.9 Å². The van der Waals surface area contributed by atoms with Gasteiger partial charge in [-0.05, 0) is 0 Å². The van der Waals surface area contributed by atoms with Gasteiger partial charge in [-0.2, -0.15) is 0 Å². The van der Waals surface area contributed by atoms with Crippen LogP contribution in [0.2, 0.25) is 0 Å². The highest BCUT2D eigenvalue weighted by atomic mass is 79.9. The number of amides is 4. The first-order chi connectivity index (χ1) is 6.54. The van der Waals surface area contributed by atoms with Gasteiger partial charge >= 0.3 is 6.03 Å². The van der Waals surface area contributed by atoms with Crippen molar-refractivity contribution in [1.29, 1.82) is 0 Å². The normalized spacial score (nSPS) is 21.9. The summed E-state index contributed by atoms with van der Waals surface area (Å²) in [6, 6.07) is -0.533. The van der Waals surface area contributed by atoms with Crippen molar-refractivity contribution in [1.82, 2.24) is 15.5 Å². The van der Waals surface area contributed by atoms with E-state index in [0.29, 0.717) is 0 Å². The van der Waals surface area contributed by atoms with Crippen LogP contribution in [0.3, 0.4) is 0 Å². The Bertz CT molecular complexity index is 281. The second-order valence-electron chi connectivity index (χ2n) is 2.82. The smallest absolute Gasteiger partial charge is 0.324 e. The first kappa shape index (κ1) is 11.0. The van der Waals surface area contributed by atoms with Crippen LogP contribution in [0.1, 0.15) is 0 Å². The van der Waals surface area contributed by atoms with Crippen LogP contribution in [0.25, 0.3) is 0 Å². The predicted molar refractivity (Wildman–Crippen MR) is 51.9 cm³/mol. The third-order valence-electron chi connectivity index (χ3n) is 1.80. The summed E-state index contributed by atoms with van der Waals surface area (Å²) in [5.74, 6) is -0.641. The number of hydrogen-bond acceptors (Lipinski definition) is 3. The van der Waals surface area contributed by atoms with Crippen LogP contribution in [-0.2, 0) is 9.59 Å². The Balaban J connectivity index is 2.57. The van der Waals surface area contributed by atoms with Crippen LogP contribution in [0.4, 0.5) is 4.79 Å². The van der Waals surface area contributed by atoms with E-state index >= 15 is 0 Å². The summed E-state index contributed by atoms with van der Waals surface area (Å²) in [7, 11) is 1.49. The van der Waals surface area contributed by atoms with Crippen molar-refractivity contribution >= 4 is 33.8 Å². The van der Waals surface area contributed by atoms with E-state index in [1.54, 1.807) is 0 Å². The largest absolute Gasteiger partial charge is 0.358 e. The molecular weight excluding hydrogens is 254 g/mol. The van der Waals surface area contributed by atoms with E-state index in [9.17, 15) is 14.4 Å². The SMILES string of the molecule is CNC(=O)CN1CC(Br)C(=O)NC1=O. The molecule has 0 saturated carbocycles. The highest BCUT2D eigenvalue weighted by molar-refractivity contribution is 9.10. The van der Waals surface area contributed by atoms with Gasteiger partial charge in [-0.25, -0.2) is 4.79 Å². The fraction of sp³-hybridized carbons (Fsp3) is 0.571. The first-order valence-corrected chi connectivity index (χ1v) is 4.90. The number of rotatable bonds is 2. The molecule has 6 nitrogen and oxygen atoms in total. The van der Waals surface area contributed by atoms with Gasteiger partial charge in [0.1, 0.15) is 11.4 Å². The average Bonchev–Trinajstić information content (AvgIpc) is 2.14. The maximum absolute atomic E-state index is 11.2. The Kier molecular flexibility index (Phi) is 3.45. The molecule has 1 heterocycles. The molecule has 1 aliphatic rings. The maximum atomic E-state index is 11.2. The molecule has 1 atom stereocenters. The van der Waals surface area contributed by atoms with Crippen molar-refractivity contribution in [3.63, 3.8) is 0 Å². The van der Waals surface area contributed by atoms with Crippen molar-refractivity contribution < 1.29 is 14.4 Å². The Labute approximate surface area is 89.1 Å². The van der Waals surface area contributed by atoms with Gasteiger partial charge < -0.3 is 10.2 Å². The molecule has 2 N–H and O–H groups in total. The minimum atomic E-state index is -0.533. The number of alkyl halides is 1.